The zero-order valence-electron chi connectivity index (χ0n) is 13.5. The second kappa shape index (κ2) is 7.33. The third-order valence-electron chi connectivity index (χ3n) is 3.63. The number of benzene rings is 3. The summed E-state index contributed by atoms with van der Waals surface area (Å²) in [6, 6.07) is 12.6. The van der Waals surface area contributed by atoms with Gasteiger partial charge in [0.25, 0.3) is 0 Å². The molecule has 0 N–H and O–H groups in total. The van der Waals surface area contributed by atoms with Gasteiger partial charge in [-0.1, -0.05) is 23.7 Å². The Kier molecular flexibility index (Phi) is 5.10. The Balaban J connectivity index is 1.90. The number of halogens is 5. The highest BCUT2D eigenvalue weighted by Crippen LogP contribution is 2.39. The first-order chi connectivity index (χ1) is 12.8. The zero-order chi connectivity index (χ0) is 19.6. The molecule has 0 fully saturated rings. The molecule has 0 saturated carbocycles. The third-order valence-corrected chi connectivity index (χ3v) is 3.91. The fourth-order valence-corrected chi connectivity index (χ4v) is 2.66. The summed E-state index contributed by atoms with van der Waals surface area (Å²) in [5.74, 6) is -0.989. The predicted molar refractivity (Wildman–Crippen MR) is 91.5 cm³/mol. The molecule has 8 heteroatoms. The molecule has 0 bridgehead atoms. The van der Waals surface area contributed by atoms with Crippen LogP contribution in [0.4, 0.5) is 17.6 Å². The molecule has 0 aliphatic heterocycles. The Morgan fingerprint density at radius 2 is 1.59 bits per heavy atom. The Morgan fingerprint density at radius 1 is 0.963 bits per heavy atom. The van der Waals surface area contributed by atoms with E-state index in [9.17, 15) is 17.6 Å². The maximum atomic E-state index is 14.1. The van der Waals surface area contributed by atoms with Crippen LogP contribution in [0.5, 0.6) is 17.2 Å². The fourth-order valence-electron chi connectivity index (χ4n) is 2.41. The molecule has 0 heterocycles. The number of ether oxygens (including phenoxy) is 2. The number of rotatable bonds is 4. The molecule has 0 saturated heterocycles. The van der Waals surface area contributed by atoms with Crippen LogP contribution >= 0.6 is 11.6 Å². The summed E-state index contributed by atoms with van der Waals surface area (Å²) >= 11 is 5.77. The van der Waals surface area contributed by atoms with Gasteiger partial charge in [-0.15, -0.1) is 0 Å². The lowest BCUT2D eigenvalue weighted by Gasteiger charge is -2.13. The van der Waals surface area contributed by atoms with Gasteiger partial charge < -0.3 is 9.47 Å². The van der Waals surface area contributed by atoms with E-state index in [0.717, 1.165) is 10.8 Å². The van der Waals surface area contributed by atoms with Crippen molar-refractivity contribution in [1.82, 2.24) is 0 Å². The molecule has 0 amide bonds. The lowest BCUT2D eigenvalue weighted by molar-refractivity contribution is -0.137. The van der Waals surface area contributed by atoms with Gasteiger partial charge in [-0.3, -0.25) is 0 Å². The topological polar surface area (TPSA) is 42.2 Å². The second-order valence-electron chi connectivity index (χ2n) is 5.49. The molecular formula is C19H10ClF4NO2. The van der Waals surface area contributed by atoms with Gasteiger partial charge in [0.2, 0.25) is 0 Å². The van der Waals surface area contributed by atoms with Gasteiger partial charge in [0.05, 0.1) is 10.6 Å². The van der Waals surface area contributed by atoms with Crippen molar-refractivity contribution < 1.29 is 27.0 Å². The van der Waals surface area contributed by atoms with E-state index < -0.39 is 28.3 Å². The van der Waals surface area contributed by atoms with Crippen molar-refractivity contribution in [2.24, 2.45) is 0 Å². The zero-order valence-corrected chi connectivity index (χ0v) is 14.2. The number of nitrogens with zero attached hydrogens (tertiary/aromatic N) is 1. The molecule has 0 spiro atoms. The Labute approximate surface area is 156 Å². The van der Waals surface area contributed by atoms with Crippen molar-refractivity contribution in [1.29, 1.82) is 5.26 Å². The number of fused-ring (bicyclic) bond motifs is 1. The predicted octanol–water partition coefficient (Wildman–Crippen LogP) is 6.35. The summed E-state index contributed by atoms with van der Waals surface area (Å²) in [4.78, 5) is 0. The largest absolute Gasteiger partial charge is 0.479 e. The summed E-state index contributed by atoms with van der Waals surface area (Å²) < 4.78 is 62.7. The molecule has 0 aliphatic carbocycles. The molecule has 138 valence electrons. The van der Waals surface area contributed by atoms with Gasteiger partial charge in [-0.25, -0.2) is 4.39 Å². The molecule has 0 atom stereocenters. The van der Waals surface area contributed by atoms with Gasteiger partial charge in [0.1, 0.15) is 17.6 Å². The molecule has 3 nitrogen and oxygen atoms in total. The van der Waals surface area contributed by atoms with Crippen molar-refractivity contribution in [3.8, 4) is 23.3 Å². The number of hydrogen-bond acceptors (Lipinski definition) is 3. The highest BCUT2D eigenvalue weighted by atomic mass is 35.5. The van der Waals surface area contributed by atoms with Gasteiger partial charge in [-0.2, -0.15) is 18.4 Å². The van der Waals surface area contributed by atoms with Crippen molar-refractivity contribution in [2.45, 2.75) is 6.18 Å². The van der Waals surface area contributed by atoms with Gasteiger partial charge in [0.15, 0.2) is 18.2 Å². The Morgan fingerprint density at radius 3 is 2.19 bits per heavy atom. The molecule has 0 radical (unpaired) electrons. The van der Waals surface area contributed by atoms with E-state index >= 15 is 0 Å². The van der Waals surface area contributed by atoms with Crippen LogP contribution in [-0.2, 0) is 6.18 Å². The molecule has 0 aliphatic rings. The first-order valence-electron chi connectivity index (χ1n) is 7.55. The van der Waals surface area contributed by atoms with E-state index in [1.54, 1.807) is 30.3 Å². The number of nitriles is 1. The monoisotopic (exact) mass is 395 g/mol. The highest BCUT2D eigenvalue weighted by molar-refractivity contribution is 6.32. The summed E-state index contributed by atoms with van der Waals surface area (Å²) in [6.07, 6.45) is -4.71. The van der Waals surface area contributed by atoms with E-state index in [-0.39, 0.29) is 12.4 Å². The average Bonchev–Trinajstić information content (AvgIpc) is 2.61. The quantitative estimate of drug-likeness (QED) is 0.484. The molecule has 0 unspecified atom stereocenters. The molecule has 27 heavy (non-hydrogen) atoms. The van der Waals surface area contributed by atoms with Crippen LogP contribution in [0.2, 0.25) is 5.02 Å². The van der Waals surface area contributed by atoms with Crippen LogP contribution in [0.15, 0.2) is 48.5 Å². The maximum Gasteiger partial charge on any atom is 0.416 e. The SMILES string of the molecule is N#CCOc1ccc2cc(Oc3c(F)cc(C(F)(F)F)cc3Cl)ccc2c1. The Hall–Kier alpha value is -2.98. The smallest absolute Gasteiger partial charge is 0.416 e. The average molecular weight is 396 g/mol. The fraction of sp³-hybridized carbons (Fsp3) is 0.105. The van der Waals surface area contributed by atoms with E-state index in [1.807, 2.05) is 6.07 Å². The minimum absolute atomic E-state index is 0.0849. The normalized spacial score (nSPS) is 11.3. The molecular weight excluding hydrogens is 386 g/mol. The first-order valence-corrected chi connectivity index (χ1v) is 7.93. The minimum Gasteiger partial charge on any atom is -0.479 e. The van der Waals surface area contributed by atoms with Crippen LogP contribution in [0, 0.1) is 17.1 Å². The Bertz CT molecular complexity index is 1020. The molecule has 3 rings (SSSR count). The number of hydrogen-bond donors (Lipinski definition) is 0. The first kappa shape index (κ1) is 18.8. The lowest BCUT2D eigenvalue weighted by Crippen LogP contribution is -2.06. The van der Waals surface area contributed by atoms with Gasteiger partial charge in [-0.05, 0) is 47.2 Å². The van der Waals surface area contributed by atoms with E-state index in [1.165, 1.54) is 6.07 Å². The highest BCUT2D eigenvalue weighted by Gasteiger charge is 2.32. The van der Waals surface area contributed by atoms with E-state index in [4.69, 9.17) is 26.3 Å². The lowest BCUT2D eigenvalue weighted by atomic mass is 10.1. The van der Waals surface area contributed by atoms with Crippen LogP contribution in [0.3, 0.4) is 0 Å². The van der Waals surface area contributed by atoms with Crippen molar-refractivity contribution in [2.75, 3.05) is 6.61 Å². The minimum atomic E-state index is -4.71. The van der Waals surface area contributed by atoms with Crippen molar-refractivity contribution in [3.63, 3.8) is 0 Å². The second-order valence-corrected chi connectivity index (χ2v) is 5.89. The van der Waals surface area contributed by atoms with Gasteiger partial charge in [0, 0.05) is 0 Å². The van der Waals surface area contributed by atoms with Gasteiger partial charge >= 0.3 is 6.18 Å². The summed E-state index contributed by atoms with van der Waals surface area (Å²) in [5.41, 5.74) is -1.19. The number of alkyl halides is 3. The van der Waals surface area contributed by atoms with E-state index in [0.29, 0.717) is 17.9 Å². The van der Waals surface area contributed by atoms with Crippen LogP contribution in [0.1, 0.15) is 5.56 Å². The molecule has 0 aromatic heterocycles. The van der Waals surface area contributed by atoms with Crippen LogP contribution < -0.4 is 9.47 Å². The standard InChI is InChI=1S/C19H10ClF4NO2/c20-16-9-13(19(22,23)24)10-17(21)18(16)27-15-4-2-11-7-14(26-6-5-25)3-1-12(11)8-15/h1-4,7-10H,6H2. The maximum absolute atomic E-state index is 14.1. The van der Waals surface area contributed by atoms with Crippen molar-refractivity contribution in [3.05, 3.63) is 64.9 Å². The van der Waals surface area contributed by atoms with Crippen LogP contribution in [0.25, 0.3) is 10.8 Å². The van der Waals surface area contributed by atoms with Crippen molar-refractivity contribution >= 4 is 22.4 Å². The summed E-state index contributed by atoms with van der Waals surface area (Å²) in [7, 11) is 0. The summed E-state index contributed by atoms with van der Waals surface area (Å²) in [5, 5.41) is 9.54. The van der Waals surface area contributed by atoms with E-state index in [2.05, 4.69) is 0 Å². The summed E-state index contributed by atoms with van der Waals surface area (Å²) in [6.45, 7) is -0.0849. The molecule has 3 aromatic rings. The van der Waals surface area contributed by atoms with Crippen LogP contribution in [-0.4, -0.2) is 6.61 Å². The molecule has 3 aromatic carbocycles. The third kappa shape index (κ3) is 4.23.